The number of rotatable bonds is 11. The van der Waals surface area contributed by atoms with Gasteiger partial charge in [0, 0.05) is 6.54 Å². The summed E-state index contributed by atoms with van der Waals surface area (Å²) in [4.78, 5) is 48.5. The summed E-state index contributed by atoms with van der Waals surface area (Å²) in [6.45, 7) is 10.8. The van der Waals surface area contributed by atoms with Crippen molar-refractivity contribution in [1.82, 2.24) is 20.9 Å². The van der Waals surface area contributed by atoms with Gasteiger partial charge in [0.15, 0.2) is 0 Å². The van der Waals surface area contributed by atoms with Crippen LogP contribution in [0.1, 0.15) is 54.4 Å². The minimum Gasteiger partial charge on any atom is -0.480 e. The van der Waals surface area contributed by atoms with Gasteiger partial charge < -0.3 is 25.8 Å². The first-order chi connectivity index (χ1) is 13.2. The average Bonchev–Trinajstić information content (AvgIpc) is 2.58. The summed E-state index contributed by atoms with van der Waals surface area (Å²) in [7, 11) is 1.74. The first kappa shape index (κ1) is 26.6. The number of hydrogen-bond acceptors (Lipinski definition) is 6. The lowest BCUT2D eigenvalue weighted by atomic mass is 10.2. The maximum absolute atomic E-state index is 12.1. The van der Waals surface area contributed by atoms with Gasteiger partial charge >= 0.3 is 12.1 Å². The number of aliphatic carboxylic acids is 1. The van der Waals surface area contributed by atoms with Gasteiger partial charge in [-0.15, -0.1) is 0 Å². The summed E-state index contributed by atoms with van der Waals surface area (Å²) in [6.07, 6.45) is 0.700. The lowest BCUT2D eigenvalue weighted by Gasteiger charge is -2.22. The number of nitrogens with zero attached hydrogens (tertiary/aromatic N) is 1. The quantitative estimate of drug-likeness (QED) is 0.364. The number of ether oxygens (including phenoxy) is 1. The summed E-state index contributed by atoms with van der Waals surface area (Å²) in [5.41, 5.74) is -0.673. The van der Waals surface area contributed by atoms with Crippen LogP contribution in [-0.2, 0) is 19.1 Å². The third-order valence-electron chi connectivity index (χ3n) is 4.13. The van der Waals surface area contributed by atoms with Crippen molar-refractivity contribution < 1.29 is 29.0 Å². The Labute approximate surface area is 172 Å². The van der Waals surface area contributed by atoms with Crippen molar-refractivity contribution in [2.75, 3.05) is 20.1 Å². The van der Waals surface area contributed by atoms with Crippen LogP contribution in [0.25, 0.3) is 0 Å². The largest absolute Gasteiger partial charge is 0.480 e. The summed E-state index contributed by atoms with van der Waals surface area (Å²) >= 11 is 0. The molecule has 0 aromatic heterocycles. The topological polar surface area (TPSA) is 137 Å². The molecule has 0 aromatic rings. The highest BCUT2D eigenvalue weighted by molar-refractivity contribution is 5.90. The monoisotopic (exact) mass is 416 g/mol. The van der Waals surface area contributed by atoms with Crippen LogP contribution in [0.15, 0.2) is 0 Å². The molecule has 0 rings (SSSR count). The number of unbranched alkanes of at least 4 members (excludes halogenated alkanes) is 1. The van der Waals surface area contributed by atoms with Gasteiger partial charge in [-0.05, 0) is 68.0 Å². The van der Waals surface area contributed by atoms with E-state index in [9.17, 15) is 19.2 Å². The molecule has 29 heavy (non-hydrogen) atoms. The molecule has 0 aliphatic rings. The van der Waals surface area contributed by atoms with Crippen molar-refractivity contribution in [3.8, 4) is 0 Å². The second kappa shape index (κ2) is 12.3. The predicted octanol–water partition coefficient (Wildman–Crippen LogP) is 0.706. The van der Waals surface area contributed by atoms with Crippen LogP contribution in [0.4, 0.5) is 4.79 Å². The third kappa shape index (κ3) is 11.9. The number of carbonyl (C=O) groups excluding carboxylic acids is 3. The van der Waals surface area contributed by atoms with E-state index < -0.39 is 41.7 Å². The molecule has 3 unspecified atom stereocenters. The van der Waals surface area contributed by atoms with Crippen molar-refractivity contribution in [2.45, 2.75) is 78.1 Å². The molecule has 0 radical (unpaired) electrons. The summed E-state index contributed by atoms with van der Waals surface area (Å²) in [6, 6.07) is -2.18. The highest BCUT2D eigenvalue weighted by Gasteiger charge is 2.23. The minimum atomic E-state index is -0.874. The molecular formula is C19H36N4O6. The second-order valence-electron chi connectivity index (χ2n) is 8.09. The molecule has 0 aliphatic carbocycles. The third-order valence-corrected chi connectivity index (χ3v) is 4.13. The van der Waals surface area contributed by atoms with Gasteiger partial charge in [-0.1, -0.05) is 0 Å². The van der Waals surface area contributed by atoms with Gasteiger partial charge in [0.2, 0.25) is 11.8 Å². The molecule has 168 valence electrons. The molecule has 4 N–H and O–H groups in total. The lowest BCUT2D eigenvalue weighted by molar-refractivity contribution is -0.142. The fourth-order valence-corrected chi connectivity index (χ4v) is 2.19. The number of amides is 3. The zero-order valence-electron chi connectivity index (χ0n) is 18.5. The van der Waals surface area contributed by atoms with Crippen LogP contribution in [0, 0.1) is 0 Å². The van der Waals surface area contributed by atoms with Crippen LogP contribution in [0.3, 0.4) is 0 Å². The van der Waals surface area contributed by atoms with E-state index in [2.05, 4.69) is 16.0 Å². The van der Waals surface area contributed by atoms with Crippen molar-refractivity contribution >= 4 is 23.9 Å². The molecule has 0 aliphatic heterocycles. The fraction of sp³-hybridized carbons (Fsp3) is 0.789. The molecule has 0 bridgehead atoms. The molecule has 3 atom stereocenters. The van der Waals surface area contributed by atoms with E-state index in [1.165, 1.54) is 6.92 Å². The van der Waals surface area contributed by atoms with Crippen LogP contribution in [0.5, 0.6) is 0 Å². The number of carbonyl (C=O) groups is 4. The smallest absolute Gasteiger partial charge is 0.408 e. The van der Waals surface area contributed by atoms with Crippen molar-refractivity contribution in [2.24, 2.45) is 0 Å². The Morgan fingerprint density at radius 2 is 1.52 bits per heavy atom. The molecular weight excluding hydrogens is 380 g/mol. The summed E-state index contributed by atoms with van der Waals surface area (Å²) in [5.74, 6) is -1.71. The first-order valence-corrected chi connectivity index (χ1v) is 9.75. The highest BCUT2D eigenvalue weighted by atomic mass is 16.6. The second-order valence-corrected chi connectivity index (χ2v) is 8.09. The van der Waals surface area contributed by atoms with Gasteiger partial charge in [-0.25, -0.2) is 4.79 Å². The van der Waals surface area contributed by atoms with Crippen molar-refractivity contribution in [3.05, 3.63) is 0 Å². The van der Waals surface area contributed by atoms with Crippen molar-refractivity contribution in [3.63, 3.8) is 0 Å². The highest BCUT2D eigenvalue weighted by Crippen LogP contribution is 2.06. The Kier molecular flexibility index (Phi) is 11.3. The lowest BCUT2D eigenvalue weighted by Crippen LogP contribution is -2.52. The van der Waals surface area contributed by atoms with Crippen LogP contribution < -0.4 is 16.0 Å². The Morgan fingerprint density at radius 1 is 0.966 bits per heavy atom. The Hall–Kier alpha value is -2.36. The molecule has 10 heteroatoms. The predicted molar refractivity (Wildman–Crippen MR) is 108 cm³/mol. The number of nitrogens with one attached hydrogen (secondary N) is 3. The molecule has 0 spiro atoms. The van der Waals surface area contributed by atoms with Crippen molar-refractivity contribution in [1.29, 1.82) is 0 Å². The molecule has 0 fully saturated rings. The SMILES string of the molecule is CC(NC(=O)OC(C)(C)C)C(=O)NC(C)C(=O)NCCCCN(C)C(C)C(=O)O. The number of alkyl carbamates (subject to hydrolysis) is 1. The molecule has 0 heterocycles. The number of hydrogen-bond donors (Lipinski definition) is 4. The molecule has 3 amide bonds. The van der Waals surface area contributed by atoms with E-state index in [0.29, 0.717) is 19.5 Å². The normalized spacial score (nSPS) is 14.5. The summed E-state index contributed by atoms with van der Waals surface area (Å²) < 4.78 is 5.09. The van der Waals surface area contributed by atoms with Gasteiger partial charge in [0.1, 0.15) is 23.7 Å². The molecule has 0 aromatic carbocycles. The zero-order chi connectivity index (χ0) is 22.8. The van der Waals surface area contributed by atoms with E-state index in [-0.39, 0.29) is 5.91 Å². The minimum absolute atomic E-state index is 0.338. The summed E-state index contributed by atoms with van der Waals surface area (Å²) in [5, 5.41) is 16.6. The van der Waals surface area contributed by atoms with Crippen LogP contribution in [0.2, 0.25) is 0 Å². The Balaban J connectivity index is 4.16. The van der Waals surface area contributed by atoms with E-state index in [0.717, 1.165) is 6.42 Å². The van der Waals surface area contributed by atoms with Crippen LogP contribution >= 0.6 is 0 Å². The maximum atomic E-state index is 12.1. The molecule has 0 saturated heterocycles. The number of carboxylic acids is 1. The Morgan fingerprint density at radius 3 is 2.03 bits per heavy atom. The first-order valence-electron chi connectivity index (χ1n) is 9.75. The van der Waals surface area contributed by atoms with E-state index in [1.54, 1.807) is 46.6 Å². The zero-order valence-corrected chi connectivity index (χ0v) is 18.5. The maximum Gasteiger partial charge on any atom is 0.408 e. The van der Waals surface area contributed by atoms with E-state index in [4.69, 9.17) is 9.84 Å². The number of carboxylic acid groups (broad SMARTS) is 1. The van der Waals surface area contributed by atoms with E-state index in [1.807, 2.05) is 0 Å². The average molecular weight is 417 g/mol. The number of likely N-dealkylation sites (N-methyl/N-ethyl adjacent to an activating group) is 1. The molecule has 0 saturated carbocycles. The van der Waals surface area contributed by atoms with Gasteiger partial charge in [0.05, 0.1) is 0 Å². The van der Waals surface area contributed by atoms with E-state index >= 15 is 0 Å². The van der Waals surface area contributed by atoms with Gasteiger partial charge in [-0.3, -0.25) is 19.3 Å². The van der Waals surface area contributed by atoms with Gasteiger partial charge in [-0.2, -0.15) is 0 Å². The van der Waals surface area contributed by atoms with Crippen LogP contribution in [-0.4, -0.2) is 77.7 Å². The fourth-order valence-electron chi connectivity index (χ4n) is 2.19. The van der Waals surface area contributed by atoms with Gasteiger partial charge in [0.25, 0.3) is 0 Å². The molecule has 10 nitrogen and oxygen atoms in total. The Bertz CT molecular complexity index is 576. The standard InChI is InChI=1S/C19H36N4O6/c1-12(21-16(25)13(2)22-18(28)29-19(4,5)6)15(24)20-10-8-9-11-23(7)14(3)17(26)27/h12-14H,8-11H2,1-7H3,(H,20,24)(H,21,25)(H,22,28)(H,26,27).